The number of rotatable bonds is 4. The third kappa shape index (κ3) is 25.5. The normalized spacial score (nSPS) is 11.8. The molecule has 0 radical (unpaired) electrons. The van der Waals surface area contributed by atoms with Crippen molar-refractivity contribution in [1.29, 1.82) is 0 Å². The summed E-state index contributed by atoms with van der Waals surface area (Å²) < 4.78 is 59.2. The SMILES string of the molecule is Cc1c(-c2ccccc2)cccc1-c1ccccc1.Cc1cccc(C)c1C.Cc1ccccc1.Cc1ccccc1C(C)(C)C.Cc1ccccc1C(C)C.[2H]C(C)(C)c1ccccc1C.[2H]C([2H])([2H])c1cccc(C)c1C.[2H]c1c([2H])c(C)c([2H])c(C)c1[2H]. The van der Waals surface area contributed by atoms with Gasteiger partial charge in [-0.1, -0.05) is 308 Å². The van der Waals surface area contributed by atoms with E-state index in [1.807, 2.05) is 83.1 Å². The molecule has 0 aliphatic carbocycles. The average Bonchev–Trinajstić information content (AvgIpc) is 2.38. The highest BCUT2D eigenvalue weighted by Gasteiger charge is 2.14. The zero-order chi connectivity index (χ0) is 68.4. The molecule has 0 aliphatic rings. The van der Waals surface area contributed by atoms with Crippen LogP contribution in [0.25, 0.3) is 22.3 Å². The van der Waals surface area contributed by atoms with Crippen LogP contribution in [-0.2, 0) is 5.41 Å². The van der Waals surface area contributed by atoms with Gasteiger partial charge in [-0.05, 0) is 202 Å². The van der Waals surface area contributed by atoms with Gasteiger partial charge in [0.05, 0.1) is 5.48 Å². The summed E-state index contributed by atoms with van der Waals surface area (Å²) in [6.45, 7) is 37.2. The summed E-state index contributed by atoms with van der Waals surface area (Å²) in [5, 5.41) is 0. The first-order chi connectivity index (χ1) is 42.6. The molecule has 0 saturated carbocycles. The lowest BCUT2D eigenvalue weighted by molar-refractivity contribution is 0.586. The molecule has 10 aromatic carbocycles. The van der Waals surface area contributed by atoms with E-state index in [0.29, 0.717) is 22.6 Å². The Hall–Kier alpha value is -7.80. The fraction of sp³-hybridized carbons (Fsp3) is 0.277. The molecule has 83 heavy (non-hydrogen) atoms. The molecule has 0 atom stereocenters. The molecule has 0 amide bonds. The van der Waals surface area contributed by atoms with Crippen LogP contribution in [0.3, 0.4) is 0 Å². The first kappa shape index (κ1) is 57.0. The molecule has 0 heterocycles. The third-order valence-electron chi connectivity index (χ3n) is 14.2. The lowest BCUT2D eigenvalue weighted by Gasteiger charge is -2.21. The monoisotopic (exact) mass is 1110 g/mol. The zero-order valence-corrected chi connectivity index (χ0v) is 53.9. The van der Waals surface area contributed by atoms with Crippen LogP contribution < -0.4 is 0 Å². The van der Waals surface area contributed by atoms with Gasteiger partial charge in [-0.15, -0.1) is 0 Å². The summed E-state index contributed by atoms with van der Waals surface area (Å²) >= 11 is 0. The topological polar surface area (TPSA) is 0 Å². The molecule has 0 aliphatic heterocycles. The first-order valence-electron chi connectivity index (χ1n) is 33.1. The largest absolute Gasteiger partial charge is 0.0628 e. The van der Waals surface area contributed by atoms with E-state index >= 15 is 0 Å². The Labute approximate surface area is 518 Å². The second-order valence-corrected chi connectivity index (χ2v) is 22.8. The zero-order valence-electron chi connectivity index (χ0n) is 61.9. The maximum Gasteiger partial charge on any atom is 0.0628 e. The van der Waals surface area contributed by atoms with Crippen LogP contribution >= 0.6 is 0 Å². The molecule has 0 bridgehead atoms. The first-order valence-corrected chi connectivity index (χ1v) is 29.1. The number of aryl methyl sites for hydroxylation is 8. The fourth-order valence-corrected chi connectivity index (χ4v) is 9.03. The fourth-order valence-electron chi connectivity index (χ4n) is 9.03. The number of benzene rings is 10. The second kappa shape index (κ2) is 36.6. The molecule has 0 unspecified atom stereocenters. The van der Waals surface area contributed by atoms with E-state index in [-0.39, 0.29) is 29.6 Å². The van der Waals surface area contributed by atoms with Crippen LogP contribution in [0.1, 0.15) is 160 Å². The van der Waals surface area contributed by atoms with Gasteiger partial charge in [0.1, 0.15) is 0 Å². The summed E-state index contributed by atoms with van der Waals surface area (Å²) in [5.41, 5.74) is 23.6. The Kier molecular flexibility index (Phi) is 25.2. The van der Waals surface area contributed by atoms with Gasteiger partial charge in [0.2, 0.25) is 0 Å². The predicted octanol–water partition coefficient (Wildman–Crippen LogP) is 24.4. The highest BCUT2D eigenvalue weighted by molar-refractivity contribution is 5.78. The van der Waals surface area contributed by atoms with Gasteiger partial charge in [0, 0.05) is 5.48 Å². The number of hydrogen-bond acceptors (Lipinski definition) is 0. The molecule has 0 heteroatoms. The lowest BCUT2D eigenvalue weighted by atomic mass is 9.84. The summed E-state index contributed by atoms with van der Waals surface area (Å²) in [4.78, 5) is 0. The van der Waals surface area contributed by atoms with Gasteiger partial charge in [-0.2, -0.15) is 0 Å². The second-order valence-electron chi connectivity index (χ2n) is 22.8. The molecular weight excluding hydrogens is 997 g/mol. The molecule has 0 N–H and O–H groups in total. The lowest BCUT2D eigenvalue weighted by Crippen LogP contribution is -2.12. The highest BCUT2D eigenvalue weighted by atomic mass is 14.2. The molecule has 0 saturated heterocycles. The summed E-state index contributed by atoms with van der Waals surface area (Å²) in [6.07, 6.45) is 0. The Balaban J connectivity index is 0.000000276. The van der Waals surface area contributed by atoms with E-state index in [0.717, 1.165) is 16.7 Å². The van der Waals surface area contributed by atoms with Crippen molar-refractivity contribution in [3.63, 3.8) is 0 Å². The Morgan fingerprint density at radius 2 is 0.687 bits per heavy atom. The predicted molar refractivity (Wildman–Crippen MR) is 371 cm³/mol. The van der Waals surface area contributed by atoms with Crippen LogP contribution in [0.4, 0.5) is 0 Å². The Bertz CT molecular complexity index is 3550. The molecule has 10 aromatic rings. The van der Waals surface area contributed by atoms with Crippen LogP contribution in [0.15, 0.2) is 243 Å². The van der Waals surface area contributed by atoms with Gasteiger partial charge in [-0.3, -0.25) is 0 Å². The maximum absolute atomic E-state index is 7.81. The maximum atomic E-state index is 7.81. The quantitative estimate of drug-likeness (QED) is 0.165. The van der Waals surface area contributed by atoms with Crippen molar-refractivity contribution in [1.82, 2.24) is 0 Å². The highest BCUT2D eigenvalue weighted by Crippen LogP contribution is 2.32. The van der Waals surface area contributed by atoms with E-state index in [1.165, 1.54) is 77.9 Å². The van der Waals surface area contributed by atoms with Crippen molar-refractivity contribution in [3.8, 4) is 22.3 Å². The van der Waals surface area contributed by atoms with Crippen LogP contribution in [0.2, 0.25) is 0 Å². The summed E-state index contributed by atoms with van der Waals surface area (Å²) in [5.74, 6) is 0.187. The Morgan fingerprint density at radius 1 is 0.337 bits per heavy atom. The van der Waals surface area contributed by atoms with Crippen molar-refractivity contribution in [2.24, 2.45) is 0 Å². The van der Waals surface area contributed by atoms with Crippen LogP contribution in [-0.4, -0.2) is 0 Å². The van der Waals surface area contributed by atoms with Crippen molar-refractivity contribution in [2.75, 3.05) is 0 Å². The summed E-state index contributed by atoms with van der Waals surface area (Å²) in [7, 11) is 0. The van der Waals surface area contributed by atoms with E-state index in [1.54, 1.807) is 26.0 Å². The molecule has 434 valence electrons. The third-order valence-corrected chi connectivity index (χ3v) is 14.2. The minimum Gasteiger partial charge on any atom is -0.0622 e. The van der Waals surface area contributed by atoms with Crippen molar-refractivity contribution in [3.05, 3.63) is 332 Å². The Morgan fingerprint density at radius 3 is 1.01 bits per heavy atom. The van der Waals surface area contributed by atoms with Crippen molar-refractivity contribution in [2.45, 2.75) is 156 Å². The van der Waals surface area contributed by atoms with Gasteiger partial charge in [-0.25, -0.2) is 0 Å². The van der Waals surface area contributed by atoms with Crippen LogP contribution in [0, 0.1) is 89.9 Å². The minimum absolute atomic E-state index is 0.00407. The van der Waals surface area contributed by atoms with Crippen molar-refractivity contribution < 1.29 is 11.0 Å². The molecule has 10 rings (SSSR count). The van der Waals surface area contributed by atoms with Gasteiger partial charge < -0.3 is 0 Å². The number of hydrogen-bond donors (Lipinski definition) is 0. The van der Waals surface area contributed by atoms with Gasteiger partial charge in [0.15, 0.2) is 0 Å². The molecule has 0 spiro atoms. The van der Waals surface area contributed by atoms with Crippen LogP contribution in [0.5, 0.6) is 0 Å². The van der Waals surface area contributed by atoms with E-state index in [2.05, 4.69) is 241 Å². The molecule has 0 aromatic heterocycles. The van der Waals surface area contributed by atoms with E-state index in [9.17, 15) is 0 Å². The van der Waals surface area contributed by atoms with Gasteiger partial charge >= 0.3 is 0 Å². The van der Waals surface area contributed by atoms with Crippen molar-refractivity contribution >= 4 is 0 Å². The minimum atomic E-state index is -1.98. The van der Waals surface area contributed by atoms with E-state index < -0.39 is 12.7 Å². The molecular formula is C83H102. The summed E-state index contributed by atoms with van der Waals surface area (Å²) in [6, 6.07) is 74.9. The smallest absolute Gasteiger partial charge is 0.0622 e. The molecule has 0 fully saturated rings. The average molecular weight is 1110 g/mol. The molecule has 0 nitrogen and oxygen atoms in total. The van der Waals surface area contributed by atoms with Gasteiger partial charge in [0.25, 0.3) is 0 Å². The standard InChI is InChI=1S/C19H16.C11H16.2C10H14.2C9H12.C8H10.C7H8/c1-15-18(16-9-4-2-5-10-16)13-8-14-19(15)17-11-6-3-7-12-17;1-9-7-5-6-8-10(9)11(2,3)4;2*1-8(2)10-7-5-4-6-9(10)3;2*1-7-5-4-6-8(2)9(7)3;1-7-4-3-5-8(2)6-7;1-7-5-3-2-4-6-7/h2-14H,1H3;5-8H,1-4H3;2*4-8H,1-3H3;2*4-6H,1-3H3;3-6H,1-2H3;2-6H,1H3/i;;8D;;1D3;;3D,4D,5D,6D;. The van der Waals surface area contributed by atoms with E-state index in [4.69, 9.17) is 11.0 Å².